The van der Waals surface area contributed by atoms with Crippen LogP contribution in [0.15, 0.2) is 35.7 Å². The minimum absolute atomic E-state index is 0.0134. The van der Waals surface area contributed by atoms with Gasteiger partial charge in [0.15, 0.2) is 0 Å². The zero-order chi connectivity index (χ0) is 24.1. The van der Waals surface area contributed by atoms with Gasteiger partial charge in [0, 0.05) is 24.2 Å². The third-order valence-corrected chi connectivity index (χ3v) is 7.07. The normalized spacial score (nSPS) is 22.0. The van der Waals surface area contributed by atoms with Crippen LogP contribution in [0.1, 0.15) is 47.8 Å². The molecule has 2 N–H and O–H groups in total. The molecule has 3 atom stereocenters. The van der Waals surface area contributed by atoms with Crippen LogP contribution < -0.4 is 15.4 Å². The van der Waals surface area contributed by atoms with Crippen molar-refractivity contribution in [1.82, 2.24) is 10.2 Å². The number of rotatable bonds is 7. The highest BCUT2D eigenvalue weighted by atomic mass is 32.1. The van der Waals surface area contributed by atoms with E-state index in [2.05, 4.69) is 10.6 Å². The van der Waals surface area contributed by atoms with Crippen LogP contribution in [-0.2, 0) is 20.7 Å². The number of fused-ring (bicyclic) bond motifs is 2. The van der Waals surface area contributed by atoms with Crippen molar-refractivity contribution in [2.45, 2.75) is 57.3 Å². The SMILES string of the molecule is CCCNC(=O)C[C@@H]1CC[C@H]2[C@H](COc3ccc(NC(=O)Cc4cccs4)cc3C(=O)N2C)O1. The van der Waals surface area contributed by atoms with Crippen molar-refractivity contribution in [3.8, 4) is 5.75 Å². The van der Waals surface area contributed by atoms with E-state index in [0.717, 1.165) is 17.7 Å². The minimum Gasteiger partial charge on any atom is -0.490 e. The van der Waals surface area contributed by atoms with E-state index in [0.29, 0.717) is 36.4 Å². The van der Waals surface area contributed by atoms with E-state index in [-0.39, 0.29) is 49.0 Å². The first kappa shape index (κ1) is 24.2. The van der Waals surface area contributed by atoms with Crippen LogP contribution in [0.5, 0.6) is 5.75 Å². The lowest BCUT2D eigenvalue weighted by Gasteiger charge is -2.42. The van der Waals surface area contributed by atoms with Crippen molar-refractivity contribution < 1.29 is 23.9 Å². The summed E-state index contributed by atoms with van der Waals surface area (Å²) in [5.41, 5.74) is 0.969. The Morgan fingerprint density at radius 3 is 2.82 bits per heavy atom. The van der Waals surface area contributed by atoms with Crippen LogP contribution in [-0.4, -0.2) is 61.1 Å². The van der Waals surface area contributed by atoms with Crippen molar-refractivity contribution in [2.75, 3.05) is 25.5 Å². The summed E-state index contributed by atoms with van der Waals surface area (Å²) < 4.78 is 12.2. The Labute approximate surface area is 203 Å². The summed E-state index contributed by atoms with van der Waals surface area (Å²) in [6.45, 7) is 2.96. The van der Waals surface area contributed by atoms with Gasteiger partial charge in [-0.15, -0.1) is 11.3 Å². The number of hydrogen-bond acceptors (Lipinski definition) is 6. The fraction of sp³-hybridized carbons (Fsp3) is 0.480. The fourth-order valence-corrected chi connectivity index (χ4v) is 5.13. The van der Waals surface area contributed by atoms with E-state index in [1.807, 2.05) is 24.4 Å². The van der Waals surface area contributed by atoms with Crippen molar-refractivity contribution in [2.24, 2.45) is 0 Å². The summed E-state index contributed by atoms with van der Waals surface area (Å²) in [6, 6.07) is 8.80. The largest absolute Gasteiger partial charge is 0.490 e. The molecule has 1 aromatic heterocycles. The lowest BCUT2D eigenvalue weighted by atomic mass is 9.94. The number of nitrogens with one attached hydrogen (secondary N) is 2. The maximum atomic E-state index is 13.3. The standard InChI is InChI=1S/C25H31N3O5S/c1-3-10-26-23(29)13-17-7-8-20-22(33-17)15-32-21-9-6-16(12-19(21)25(31)28(20)2)27-24(30)14-18-5-4-11-34-18/h4-6,9,11-12,17,20,22H,3,7-8,10,13-15H2,1-2H3,(H,26,29)(H,27,30)/t17-,20-,22-/m0/s1. The van der Waals surface area contributed by atoms with Gasteiger partial charge in [-0.05, 0) is 48.9 Å². The molecule has 4 rings (SSSR count). The first-order chi connectivity index (χ1) is 16.4. The number of amides is 3. The second-order valence-electron chi connectivity index (χ2n) is 8.74. The van der Waals surface area contributed by atoms with Gasteiger partial charge in [-0.3, -0.25) is 14.4 Å². The van der Waals surface area contributed by atoms with Gasteiger partial charge in [0.2, 0.25) is 11.8 Å². The molecule has 0 unspecified atom stereocenters. The molecule has 1 fully saturated rings. The predicted molar refractivity (Wildman–Crippen MR) is 130 cm³/mol. The van der Waals surface area contributed by atoms with Gasteiger partial charge in [-0.1, -0.05) is 13.0 Å². The number of carbonyl (C=O) groups excluding carboxylic acids is 3. The molecule has 2 aromatic rings. The maximum Gasteiger partial charge on any atom is 0.257 e. The van der Waals surface area contributed by atoms with Gasteiger partial charge >= 0.3 is 0 Å². The van der Waals surface area contributed by atoms with Gasteiger partial charge in [0.1, 0.15) is 18.5 Å². The van der Waals surface area contributed by atoms with Gasteiger partial charge in [-0.2, -0.15) is 0 Å². The second-order valence-corrected chi connectivity index (χ2v) is 9.77. The smallest absolute Gasteiger partial charge is 0.257 e. The summed E-state index contributed by atoms with van der Waals surface area (Å²) in [6.07, 6.45) is 2.42. The van der Waals surface area contributed by atoms with Crippen LogP contribution in [0.4, 0.5) is 5.69 Å². The molecule has 34 heavy (non-hydrogen) atoms. The van der Waals surface area contributed by atoms with Crippen molar-refractivity contribution >= 4 is 34.7 Å². The lowest BCUT2D eigenvalue weighted by Crippen LogP contribution is -2.54. The first-order valence-corrected chi connectivity index (χ1v) is 12.6. The highest BCUT2D eigenvalue weighted by Gasteiger charge is 2.39. The van der Waals surface area contributed by atoms with Crippen molar-refractivity contribution in [3.05, 3.63) is 46.2 Å². The van der Waals surface area contributed by atoms with Crippen LogP contribution in [0.25, 0.3) is 0 Å². The summed E-state index contributed by atoms with van der Waals surface area (Å²) in [7, 11) is 1.77. The van der Waals surface area contributed by atoms with Crippen LogP contribution in [0.3, 0.4) is 0 Å². The van der Waals surface area contributed by atoms with E-state index in [9.17, 15) is 14.4 Å². The maximum absolute atomic E-state index is 13.3. The van der Waals surface area contributed by atoms with Crippen LogP contribution in [0, 0.1) is 0 Å². The van der Waals surface area contributed by atoms with E-state index in [1.54, 1.807) is 30.1 Å². The molecule has 8 nitrogen and oxygen atoms in total. The van der Waals surface area contributed by atoms with E-state index < -0.39 is 0 Å². The molecular formula is C25H31N3O5S. The average Bonchev–Trinajstić information content (AvgIpc) is 3.33. The van der Waals surface area contributed by atoms with Crippen LogP contribution in [0.2, 0.25) is 0 Å². The number of nitrogens with zero attached hydrogens (tertiary/aromatic N) is 1. The first-order valence-electron chi connectivity index (χ1n) is 11.7. The number of ether oxygens (including phenoxy) is 2. The van der Waals surface area contributed by atoms with Gasteiger partial charge in [-0.25, -0.2) is 0 Å². The molecule has 2 aliphatic heterocycles. The molecule has 0 saturated carbocycles. The molecule has 3 heterocycles. The number of benzene rings is 1. The van der Waals surface area contributed by atoms with E-state index >= 15 is 0 Å². The fourth-order valence-electron chi connectivity index (χ4n) is 4.43. The average molecular weight is 486 g/mol. The molecule has 9 heteroatoms. The monoisotopic (exact) mass is 485 g/mol. The number of likely N-dealkylation sites (N-methyl/N-ethyl adjacent to an activating group) is 1. The molecule has 1 saturated heterocycles. The molecule has 182 valence electrons. The molecule has 0 spiro atoms. The molecule has 0 aliphatic carbocycles. The number of thiophene rings is 1. The minimum atomic E-state index is -0.315. The van der Waals surface area contributed by atoms with Gasteiger partial charge in [0.25, 0.3) is 5.91 Å². The number of anilines is 1. The van der Waals surface area contributed by atoms with Crippen molar-refractivity contribution in [1.29, 1.82) is 0 Å². The van der Waals surface area contributed by atoms with Gasteiger partial charge in [0.05, 0.1) is 30.6 Å². The molecule has 1 aromatic carbocycles. The second kappa shape index (κ2) is 11.0. The number of carbonyl (C=O) groups is 3. The van der Waals surface area contributed by atoms with E-state index in [4.69, 9.17) is 9.47 Å². The molecule has 3 amide bonds. The van der Waals surface area contributed by atoms with Crippen molar-refractivity contribution in [3.63, 3.8) is 0 Å². The Balaban J connectivity index is 1.43. The third-order valence-electron chi connectivity index (χ3n) is 6.20. The molecule has 2 aliphatic rings. The summed E-state index contributed by atoms with van der Waals surface area (Å²) >= 11 is 1.53. The summed E-state index contributed by atoms with van der Waals surface area (Å²) in [4.78, 5) is 40.5. The Bertz CT molecular complexity index is 1030. The quantitative estimate of drug-likeness (QED) is 0.628. The summed E-state index contributed by atoms with van der Waals surface area (Å²) in [5, 5.41) is 7.70. The Morgan fingerprint density at radius 2 is 2.06 bits per heavy atom. The predicted octanol–water partition coefficient (Wildman–Crippen LogP) is 3.23. The Hall–Kier alpha value is -2.91. The topological polar surface area (TPSA) is 97.0 Å². The Morgan fingerprint density at radius 1 is 1.21 bits per heavy atom. The lowest BCUT2D eigenvalue weighted by molar-refractivity contribution is -0.134. The zero-order valence-corrected chi connectivity index (χ0v) is 20.4. The van der Waals surface area contributed by atoms with Crippen LogP contribution >= 0.6 is 11.3 Å². The highest BCUT2D eigenvalue weighted by Crippen LogP contribution is 2.32. The van der Waals surface area contributed by atoms with E-state index in [1.165, 1.54) is 11.3 Å². The Kier molecular flexibility index (Phi) is 7.84. The number of hydrogen-bond donors (Lipinski definition) is 2. The summed E-state index contributed by atoms with van der Waals surface area (Å²) in [5.74, 6) is 0.130. The molecular weight excluding hydrogens is 454 g/mol. The van der Waals surface area contributed by atoms with Gasteiger partial charge < -0.3 is 25.0 Å². The highest BCUT2D eigenvalue weighted by molar-refractivity contribution is 7.10. The third kappa shape index (κ3) is 5.77. The molecule has 0 bridgehead atoms. The zero-order valence-electron chi connectivity index (χ0n) is 19.5. The molecule has 0 radical (unpaired) electrons.